The molecule has 0 atom stereocenters. The minimum Gasteiger partial charge on any atom is -0.416 e. The van der Waals surface area contributed by atoms with Crippen LogP contribution in [-0.4, -0.2) is 149 Å². The molecule has 1 aliphatic heterocycles. The quantitative estimate of drug-likeness (QED) is 0.0552. The topological polar surface area (TPSA) is 148 Å². The molecule has 0 aromatic heterocycles. The van der Waals surface area contributed by atoms with Gasteiger partial charge in [-0.2, -0.15) is 0 Å². The first-order valence-corrected chi connectivity index (χ1v) is 40.7. The minimum atomic E-state index is -3.52. The van der Waals surface area contributed by atoms with Gasteiger partial charge in [0.2, 0.25) is 0 Å². The first-order valence-electron chi connectivity index (χ1n) is 22.9. The van der Waals surface area contributed by atoms with Gasteiger partial charge in [0.05, 0.1) is 0 Å². The van der Waals surface area contributed by atoms with Crippen molar-refractivity contribution in [2.45, 2.75) is 158 Å². The van der Waals surface area contributed by atoms with Gasteiger partial charge in [0.15, 0.2) is 0 Å². The fourth-order valence-electron chi connectivity index (χ4n) is 7.95. The lowest BCUT2D eigenvalue weighted by molar-refractivity contribution is 0.0709. The molecule has 16 nitrogen and oxygen atoms in total. The molecule has 0 N–H and O–H groups in total. The molecule has 0 unspecified atom stereocenters. The maximum Gasteiger partial charge on any atom is 0.500 e. The van der Waals surface area contributed by atoms with Crippen molar-refractivity contribution in [2.24, 2.45) is 0 Å². The molecule has 360 valence electrons. The van der Waals surface area contributed by atoms with E-state index in [4.69, 9.17) is 69.6 Å². The zero-order valence-electron chi connectivity index (χ0n) is 40.7. The summed E-state index contributed by atoms with van der Waals surface area (Å²) < 4.78 is 108. The second-order valence-corrected chi connectivity index (χ2v) is 40.4. The van der Waals surface area contributed by atoms with E-state index in [1.165, 1.54) is 0 Å². The highest BCUT2D eigenvalue weighted by Crippen LogP contribution is 2.44. The molecule has 24 heteroatoms. The molecule has 0 bridgehead atoms. The van der Waals surface area contributed by atoms with E-state index in [0.29, 0.717) is 128 Å². The van der Waals surface area contributed by atoms with Crippen LogP contribution in [-0.2, 0) is 69.6 Å². The van der Waals surface area contributed by atoms with E-state index in [1.807, 2.05) is 83.1 Å². The van der Waals surface area contributed by atoms with Gasteiger partial charge in [-0.15, -0.1) is 0 Å². The highest BCUT2D eigenvalue weighted by molar-refractivity contribution is 6.95. The Morgan fingerprint density at radius 2 is 0.433 bits per heavy atom. The van der Waals surface area contributed by atoms with E-state index < -0.39 is 69.5 Å². The Bertz CT molecular complexity index is 924. The van der Waals surface area contributed by atoms with Crippen LogP contribution in [0.1, 0.15) is 83.1 Å². The molecule has 1 rings (SSSR count). The highest BCUT2D eigenvalue weighted by Gasteiger charge is 2.62. The number of hydrogen-bond donors (Lipinski definition) is 0. The van der Waals surface area contributed by atoms with Crippen molar-refractivity contribution in [3.8, 4) is 0 Å². The van der Waals surface area contributed by atoms with Crippen molar-refractivity contribution >= 4 is 69.5 Å². The van der Waals surface area contributed by atoms with Crippen LogP contribution in [0.15, 0.2) is 0 Å². The van der Waals surface area contributed by atoms with Crippen molar-refractivity contribution in [2.75, 3.05) is 79.3 Å². The molecule has 1 fully saturated rings. The Labute approximate surface area is 374 Å². The van der Waals surface area contributed by atoms with E-state index in [1.54, 1.807) is 0 Å². The van der Waals surface area contributed by atoms with E-state index in [2.05, 4.69) is 26.2 Å². The van der Waals surface area contributed by atoms with Gasteiger partial charge >= 0.3 is 69.5 Å². The minimum absolute atomic E-state index is 0.445. The SMILES string of the molecule is CCO[Si](CC[Si]1(CC[Si](OCC)(OCC)OCC)O[Si](C)(C)O[Si](C)(C)O[Si](CC[Si](OCC)(OCC)OCC)(CC[Si](OCC)(OCC)OCC)O1)(OCC)OCC. The molecule has 0 aromatic carbocycles. The molecule has 1 saturated heterocycles. The van der Waals surface area contributed by atoms with Crippen LogP contribution in [0.3, 0.4) is 0 Å². The third-order valence-corrected chi connectivity index (χ3v) is 41.4. The zero-order valence-corrected chi connectivity index (χ0v) is 48.7. The van der Waals surface area contributed by atoms with Crippen molar-refractivity contribution < 1.29 is 69.6 Å². The van der Waals surface area contributed by atoms with Gasteiger partial charge in [-0.1, -0.05) is 0 Å². The summed E-state index contributed by atoms with van der Waals surface area (Å²) in [5.41, 5.74) is 0. The predicted octanol–water partition coefficient (Wildman–Crippen LogP) is 8.55. The summed E-state index contributed by atoms with van der Waals surface area (Å²) in [7, 11) is -25.8. The van der Waals surface area contributed by atoms with Gasteiger partial charge in [0.25, 0.3) is 0 Å². The second-order valence-electron chi connectivity index (χ2n) is 15.0. The average Bonchev–Trinajstić information content (AvgIpc) is 3.15. The van der Waals surface area contributed by atoms with E-state index in [-0.39, 0.29) is 0 Å². The number of rotatable bonds is 36. The molecule has 1 aliphatic rings. The normalized spacial score (nSPS) is 18.4. The fraction of sp³-hybridized carbons (Fsp3) is 1.00. The van der Waals surface area contributed by atoms with Gasteiger partial charge in [-0.25, -0.2) is 0 Å². The second kappa shape index (κ2) is 29.0. The van der Waals surface area contributed by atoms with E-state index >= 15 is 0 Å². The van der Waals surface area contributed by atoms with Crippen LogP contribution in [0.25, 0.3) is 0 Å². The molecule has 1 heterocycles. The summed E-state index contributed by atoms with van der Waals surface area (Å²) in [6.45, 7) is 37.4. The molecule has 0 amide bonds. The lowest BCUT2D eigenvalue weighted by Crippen LogP contribution is -2.69. The van der Waals surface area contributed by atoms with Crippen molar-refractivity contribution in [3.63, 3.8) is 0 Å². The lowest BCUT2D eigenvalue weighted by atomic mass is 10.9. The summed E-state index contributed by atoms with van der Waals surface area (Å²) in [5, 5.41) is 0. The molecule has 60 heavy (non-hydrogen) atoms. The molecule has 0 radical (unpaired) electrons. The third kappa shape index (κ3) is 19.5. The Balaban J connectivity index is 4.38. The molecule has 0 aromatic rings. The van der Waals surface area contributed by atoms with Crippen LogP contribution in [0, 0.1) is 0 Å². The van der Waals surface area contributed by atoms with Gasteiger partial charge in [0, 0.05) is 103 Å². The first kappa shape index (κ1) is 59.1. The zero-order chi connectivity index (χ0) is 45.5. The van der Waals surface area contributed by atoms with Crippen LogP contribution in [0.5, 0.6) is 0 Å². The Kier molecular flexibility index (Phi) is 28.6. The highest BCUT2D eigenvalue weighted by atomic mass is 28.5. The maximum absolute atomic E-state index is 8.10. The summed E-state index contributed by atoms with van der Waals surface area (Å²) in [6, 6.07) is 3.86. The molecule has 0 aliphatic carbocycles. The third-order valence-electron chi connectivity index (χ3n) is 9.35. The lowest BCUT2D eigenvalue weighted by Gasteiger charge is -2.52. The van der Waals surface area contributed by atoms with E-state index in [0.717, 1.165) is 0 Å². The summed E-state index contributed by atoms with van der Waals surface area (Å²) in [5.74, 6) is 0. The van der Waals surface area contributed by atoms with Crippen LogP contribution < -0.4 is 0 Å². The van der Waals surface area contributed by atoms with Crippen LogP contribution >= 0.6 is 0 Å². The standard InChI is InChI=1S/C36H88O16Si8/c1-17-37-57(38-18-2,39-19-3)33-29-55(30-34-58(40-20-4,41-21-5)42-22-6)50-53(13,14)49-54(15,16)51-56(52-55,31-35-59(43-23-7,44-24-8)45-25-9)32-36-60(46-26-10,47-27-11)48-28-12/h17-36H2,1-16H3. The van der Waals surface area contributed by atoms with Gasteiger partial charge in [-0.3, -0.25) is 0 Å². The van der Waals surface area contributed by atoms with Crippen molar-refractivity contribution in [1.29, 1.82) is 0 Å². The molecule has 0 saturated carbocycles. The summed E-state index contributed by atoms with van der Waals surface area (Å²) >= 11 is 0. The Morgan fingerprint density at radius 3 is 0.583 bits per heavy atom. The van der Waals surface area contributed by atoms with Gasteiger partial charge in [0.1, 0.15) is 0 Å². The smallest absolute Gasteiger partial charge is 0.416 e. The van der Waals surface area contributed by atoms with Crippen molar-refractivity contribution in [1.82, 2.24) is 0 Å². The molecule has 0 spiro atoms. The maximum atomic E-state index is 8.10. The van der Waals surface area contributed by atoms with Crippen LogP contribution in [0.2, 0.25) is 74.5 Å². The van der Waals surface area contributed by atoms with Crippen molar-refractivity contribution in [3.05, 3.63) is 0 Å². The summed E-state index contributed by atoms with van der Waals surface area (Å²) in [4.78, 5) is 0. The summed E-state index contributed by atoms with van der Waals surface area (Å²) in [6.07, 6.45) is 0. The number of hydrogen-bond acceptors (Lipinski definition) is 16. The van der Waals surface area contributed by atoms with Gasteiger partial charge in [-0.05, 0) is 133 Å². The average molecular weight is 1000 g/mol. The van der Waals surface area contributed by atoms with Gasteiger partial charge < -0.3 is 69.6 Å². The molecular formula is C36H88O16Si8. The largest absolute Gasteiger partial charge is 0.500 e. The Hall–Kier alpha value is 1.10. The van der Waals surface area contributed by atoms with Crippen LogP contribution in [0.4, 0.5) is 0 Å². The van der Waals surface area contributed by atoms with E-state index in [9.17, 15) is 0 Å². The first-order chi connectivity index (χ1) is 28.4. The fourth-order valence-corrected chi connectivity index (χ4v) is 47.5. The monoisotopic (exact) mass is 1000 g/mol. The predicted molar refractivity (Wildman–Crippen MR) is 252 cm³/mol. The molecular weight excluding hydrogens is 913 g/mol. The Morgan fingerprint density at radius 1 is 0.267 bits per heavy atom.